The van der Waals surface area contributed by atoms with Crippen molar-refractivity contribution in [3.8, 4) is 5.75 Å². The third kappa shape index (κ3) is 1.82. The second kappa shape index (κ2) is 4.42. The van der Waals surface area contributed by atoms with Crippen molar-refractivity contribution in [2.75, 3.05) is 12.8 Å². The summed E-state index contributed by atoms with van der Waals surface area (Å²) in [5.74, 6) is -0.166. The Labute approximate surface area is 116 Å². The fraction of sp³-hybridized carbons (Fsp3) is 0.0625. The predicted octanol–water partition coefficient (Wildman–Crippen LogP) is 2.79. The van der Waals surface area contributed by atoms with Crippen molar-refractivity contribution in [1.82, 2.24) is 0 Å². The van der Waals surface area contributed by atoms with Crippen LogP contribution < -0.4 is 10.5 Å². The highest BCUT2D eigenvalue weighted by Gasteiger charge is 2.31. The van der Waals surface area contributed by atoms with Crippen LogP contribution in [0.3, 0.4) is 0 Å². The van der Waals surface area contributed by atoms with Crippen LogP contribution in [0.1, 0.15) is 21.5 Å². The number of benzene rings is 2. The fourth-order valence-corrected chi connectivity index (χ4v) is 2.24. The molecule has 0 aliphatic heterocycles. The molecule has 1 aliphatic carbocycles. The summed E-state index contributed by atoms with van der Waals surface area (Å²) in [6, 6.07) is 12.2. The Morgan fingerprint density at radius 2 is 1.80 bits per heavy atom. The second-order valence-corrected chi connectivity index (χ2v) is 4.55. The van der Waals surface area contributed by atoms with Crippen LogP contribution in [0.4, 0.5) is 5.69 Å². The number of methoxy groups -OCH3 is 1. The molecule has 0 saturated carbocycles. The molecule has 2 aromatic carbocycles. The van der Waals surface area contributed by atoms with Gasteiger partial charge in [0.2, 0.25) is 5.78 Å². The van der Waals surface area contributed by atoms with E-state index in [-0.39, 0.29) is 17.0 Å². The van der Waals surface area contributed by atoms with Crippen molar-refractivity contribution in [3.05, 3.63) is 64.9 Å². The summed E-state index contributed by atoms with van der Waals surface area (Å²) in [4.78, 5) is 12.3. The van der Waals surface area contributed by atoms with Crippen molar-refractivity contribution >= 4 is 17.0 Å². The number of fused-ring (bicyclic) bond motifs is 1. The smallest absolute Gasteiger partial charge is 0.230 e. The largest absolute Gasteiger partial charge is 0.504 e. The third-order valence-electron chi connectivity index (χ3n) is 3.36. The minimum atomic E-state index is -0.476. The van der Waals surface area contributed by atoms with E-state index >= 15 is 0 Å². The first kappa shape index (κ1) is 12.3. The van der Waals surface area contributed by atoms with Crippen LogP contribution in [-0.2, 0) is 0 Å². The maximum atomic E-state index is 12.3. The van der Waals surface area contributed by atoms with Gasteiger partial charge in [0.15, 0.2) is 5.76 Å². The minimum Gasteiger partial charge on any atom is -0.504 e. The molecular formula is C16H13NO3. The maximum Gasteiger partial charge on any atom is 0.230 e. The zero-order valence-electron chi connectivity index (χ0n) is 10.9. The van der Waals surface area contributed by atoms with Gasteiger partial charge in [-0.2, -0.15) is 0 Å². The summed E-state index contributed by atoms with van der Waals surface area (Å²) in [6.07, 6.45) is 0. The van der Waals surface area contributed by atoms with Gasteiger partial charge in [-0.25, -0.2) is 0 Å². The molecule has 2 aromatic rings. The number of hydrogen-bond donors (Lipinski definition) is 2. The van der Waals surface area contributed by atoms with E-state index in [1.165, 1.54) is 7.11 Å². The number of ether oxygens (including phenoxy) is 1. The Balaban J connectivity index is 1.97. The van der Waals surface area contributed by atoms with Crippen molar-refractivity contribution in [1.29, 1.82) is 0 Å². The molecule has 20 heavy (non-hydrogen) atoms. The van der Waals surface area contributed by atoms with Crippen LogP contribution >= 0.6 is 0 Å². The molecule has 1 aliphatic rings. The van der Waals surface area contributed by atoms with Gasteiger partial charge in [0, 0.05) is 22.9 Å². The summed E-state index contributed by atoms with van der Waals surface area (Å²) in [5, 5.41) is 10.1. The highest BCUT2D eigenvalue weighted by molar-refractivity contribution is 6.19. The molecule has 100 valence electrons. The van der Waals surface area contributed by atoms with E-state index in [0.717, 1.165) is 11.1 Å². The number of nitrogens with two attached hydrogens (primary N) is 1. The minimum absolute atomic E-state index is 0.261. The lowest BCUT2D eigenvalue weighted by molar-refractivity contribution is 0.0981. The molecule has 0 amide bonds. The van der Waals surface area contributed by atoms with E-state index in [9.17, 15) is 9.90 Å². The van der Waals surface area contributed by atoms with Crippen LogP contribution in [0.2, 0.25) is 0 Å². The van der Waals surface area contributed by atoms with E-state index < -0.39 is 5.78 Å². The molecule has 0 atom stereocenters. The maximum absolute atomic E-state index is 12.3. The van der Waals surface area contributed by atoms with Gasteiger partial charge in [-0.05, 0) is 23.3 Å². The van der Waals surface area contributed by atoms with E-state index in [0.29, 0.717) is 11.3 Å². The molecule has 0 radical (unpaired) electrons. The molecule has 0 heterocycles. The van der Waals surface area contributed by atoms with Gasteiger partial charge in [-0.1, -0.05) is 24.3 Å². The van der Waals surface area contributed by atoms with E-state index in [4.69, 9.17) is 10.5 Å². The number of aliphatic hydroxyl groups is 1. The van der Waals surface area contributed by atoms with Gasteiger partial charge in [0.25, 0.3) is 0 Å². The average Bonchev–Trinajstić information content (AvgIpc) is 3.20. The number of ketones is 1. The molecule has 0 spiro atoms. The number of anilines is 1. The summed E-state index contributed by atoms with van der Waals surface area (Å²) in [7, 11) is 1.52. The Bertz CT molecular complexity index is 722. The van der Waals surface area contributed by atoms with Crippen LogP contribution in [0.25, 0.3) is 5.57 Å². The lowest BCUT2D eigenvalue weighted by Crippen LogP contribution is -2.07. The van der Waals surface area contributed by atoms with Crippen LogP contribution in [-0.4, -0.2) is 18.0 Å². The quantitative estimate of drug-likeness (QED) is 0.331. The highest BCUT2D eigenvalue weighted by Crippen LogP contribution is 2.44. The van der Waals surface area contributed by atoms with Gasteiger partial charge in [-0.15, -0.1) is 0 Å². The number of aliphatic hydroxyl groups excluding tert-OH is 1. The molecule has 0 fully saturated rings. The van der Waals surface area contributed by atoms with Crippen molar-refractivity contribution in [3.63, 3.8) is 0 Å². The summed E-state index contributed by atoms with van der Waals surface area (Å²) >= 11 is 0. The van der Waals surface area contributed by atoms with Crippen LogP contribution in [0.15, 0.2) is 48.2 Å². The number of carbonyl (C=O) groups excluding carboxylic acids is 1. The van der Waals surface area contributed by atoms with Crippen molar-refractivity contribution in [2.24, 2.45) is 0 Å². The monoisotopic (exact) mass is 267 g/mol. The van der Waals surface area contributed by atoms with Crippen LogP contribution in [0, 0.1) is 0 Å². The second-order valence-electron chi connectivity index (χ2n) is 4.55. The fourth-order valence-electron chi connectivity index (χ4n) is 2.24. The Morgan fingerprint density at radius 3 is 2.35 bits per heavy atom. The molecule has 0 bridgehead atoms. The SMILES string of the molecule is COc1ccc(C(=O)C(O)=C2c3ccccc32)c(N)c1. The molecule has 4 nitrogen and oxygen atoms in total. The number of nitrogen functional groups attached to an aromatic ring is 1. The third-order valence-corrected chi connectivity index (χ3v) is 3.36. The lowest BCUT2D eigenvalue weighted by Gasteiger charge is -2.06. The Hall–Kier alpha value is -2.75. The Kier molecular flexibility index (Phi) is 2.71. The lowest BCUT2D eigenvalue weighted by atomic mass is 10.1. The van der Waals surface area contributed by atoms with Crippen LogP contribution in [0.5, 0.6) is 5.75 Å². The molecule has 0 unspecified atom stereocenters. The zero-order chi connectivity index (χ0) is 14.3. The molecule has 4 heteroatoms. The topological polar surface area (TPSA) is 72.5 Å². The normalized spacial score (nSPS) is 11.8. The van der Waals surface area contributed by atoms with Crippen molar-refractivity contribution < 1.29 is 14.6 Å². The molecule has 0 saturated heterocycles. The van der Waals surface area contributed by atoms with Gasteiger partial charge in [0.05, 0.1) is 7.11 Å². The first-order valence-electron chi connectivity index (χ1n) is 6.14. The molecular weight excluding hydrogens is 254 g/mol. The molecule has 0 aromatic heterocycles. The van der Waals surface area contributed by atoms with E-state index in [2.05, 4.69) is 0 Å². The summed E-state index contributed by atoms with van der Waals surface area (Å²) in [5.41, 5.74) is 8.80. The number of rotatable bonds is 3. The average molecular weight is 267 g/mol. The molecule has 3 rings (SSSR count). The van der Waals surface area contributed by atoms with Gasteiger partial charge in [-0.3, -0.25) is 4.79 Å². The first-order valence-corrected chi connectivity index (χ1v) is 6.14. The molecule has 3 N–H and O–H groups in total. The number of allylic oxidation sites excluding steroid dienone is 1. The predicted molar refractivity (Wildman–Crippen MR) is 76.8 cm³/mol. The number of carbonyl (C=O) groups is 1. The van der Waals surface area contributed by atoms with Gasteiger partial charge < -0.3 is 15.6 Å². The first-order chi connectivity index (χ1) is 9.63. The summed E-state index contributed by atoms with van der Waals surface area (Å²) in [6.45, 7) is 0. The van der Waals surface area contributed by atoms with Gasteiger partial charge in [0.1, 0.15) is 5.75 Å². The van der Waals surface area contributed by atoms with E-state index in [1.807, 2.05) is 24.3 Å². The summed E-state index contributed by atoms with van der Waals surface area (Å²) < 4.78 is 5.03. The number of Topliss-reactive ketones (excluding diaryl/α,β-unsaturated/α-hetero) is 1. The highest BCUT2D eigenvalue weighted by atomic mass is 16.5. The number of hydrogen-bond acceptors (Lipinski definition) is 4. The zero-order valence-corrected chi connectivity index (χ0v) is 10.9. The van der Waals surface area contributed by atoms with Crippen molar-refractivity contribution in [2.45, 2.75) is 0 Å². The Morgan fingerprint density at radius 1 is 1.15 bits per heavy atom. The van der Waals surface area contributed by atoms with Gasteiger partial charge >= 0.3 is 0 Å². The standard InChI is InChI=1S/C16H13NO3/c1-20-9-6-7-12(13(17)8-9)15(18)16(19)14-10-4-2-3-5-11(10)14/h2-8,19H,17H2,1H3. The van der Waals surface area contributed by atoms with E-state index in [1.54, 1.807) is 18.2 Å².